The van der Waals surface area contributed by atoms with Gasteiger partial charge >= 0.3 is 0 Å². The van der Waals surface area contributed by atoms with E-state index in [2.05, 4.69) is 35.1 Å². The summed E-state index contributed by atoms with van der Waals surface area (Å²) in [7, 11) is 5.64. The predicted molar refractivity (Wildman–Crippen MR) is 118 cm³/mol. The quantitative estimate of drug-likeness (QED) is 0.750. The van der Waals surface area contributed by atoms with E-state index < -0.39 is 0 Å². The summed E-state index contributed by atoms with van der Waals surface area (Å²) in [5, 5.41) is 10.6. The number of amides is 1. The number of aromatic hydroxyl groups is 1. The van der Waals surface area contributed by atoms with Crippen LogP contribution in [-0.4, -0.2) is 71.7 Å². The number of benzene rings is 1. The van der Waals surface area contributed by atoms with Crippen LogP contribution in [0.15, 0.2) is 42.6 Å². The number of phenolic OH excluding ortho intramolecular Hbond substituents is 1. The molecule has 1 amide bonds. The highest BCUT2D eigenvalue weighted by molar-refractivity contribution is 5.94. The maximum atomic E-state index is 12.4. The second kappa shape index (κ2) is 6.72. The van der Waals surface area contributed by atoms with E-state index in [1.807, 2.05) is 0 Å². The van der Waals surface area contributed by atoms with Gasteiger partial charge in [-0.05, 0) is 50.2 Å². The first kappa shape index (κ1) is 19.6. The lowest BCUT2D eigenvalue weighted by atomic mass is 9.53. The minimum Gasteiger partial charge on any atom is -0.504 e. The number of pyridine rings is 1. The molecule has 2 bridgehead atoms. The number of hydrogen-bond acceptors (Lipinski definition) is 6. The van der Waals surface area contributed by atoms with Crippen LogP contribution in [-0.2, 0) is 11.8 Å². The van der Waals surface area contributed by atoms with Crippen LogP contribution in [0.25, 0.3) is 0 Å². The smallest absolute Gasteiger partial charge is 0.253 e. The first-order valence-electron chi connectivity index (χ1n) is 11.1. The summed E-state index contributed by atoms with van der Waals surface area (Å²) in [6.07, 6.45) is 7.22. The van der Waals surface area contributed by atoms with Crippen LogP contribution in [0.2, 0.25) is 0 Å². The van der Waals surface area contributed by atoms with Crippen molar-refractivity contribution in [2.45, 2.75) is 36.5 Å². The van der Waals surface area contributed by atoms with E-state index in [4.69, 9.17) is 9.47 Å². The molecule has 0 radical (unpaired) electrons. The molecule has 1 spiro atoms. The van der Waals surface area contributed by atoms with E-state index in [-0.39, 0.29) is 29.3 Å². The van der Waals surface area contributed by atoms with Gasteiger partial charge in [0.15, 0.2) is 17.6 Å². The normalized spacial score (nSPS) is 31.6. The van der Waals surface area contributed by atoms with E-state index in [0.29, 0.717) is 29.2 Å². The van der Waals surface area contributed by atoms with E-state index in [1.54, 1.807) is 38.5 Å². The lowest BCUT2D eigenvalue weighted by Crippen LogP contribution is -2.65. The van der Waals surface area contributed by atoms with Crippen LogP contribution in [0.5, 0.6) is 17.4 Å². The third-order valence-electron chi connectivity index (χ3n) is 7.78. The van der Waals surface area contributed by atoms with Crippen LogP contribution in [0, 0.1) is 5.92 Å². The van der Waals surface area contributed by atoms with Crippen molar-refractivity contribution in [3.05, 3.63) is 59.3 Å². The molecule has 2 aromatic rings. The maximum Gasteiger partial charge on any atom is 0.253 e. The first-order chi connectivity index (χ1) is 15.4. The maximum absolute atomic E-state index is 12.4. The van der Waals surface area contributed by atoms with Gasteiger partial charge in [0, 0.05) is 54.9 Å². The minimum absolute atomic E-state index is 0.0976. The molecule has 0 unspecified atom stereocenters. The zero-order valence-corrected chi connectivity index (χ0v) is 18.5. The molecule has 1 saturated heterocycles. The minimum atomic E-state index is -0.370. The van der Waals surface area contributed by atoms with Crippen LogP contribution >= 0.6 is 0 Å². The number of piperidine rings is 1. The Morgan fingerprint density at radius 2 is 2.16 bits per heavy atom. The van der Waals surface area contributed by atoms with Crippen LogP contribution in [0.4, 0.5) is 0 Å². The number of carbonyl (C=O) groups excluding carboxylic acids is 1. The van der Waals surface area contributed by atoms with Crippen LogP contribution < -0.4 is 9.47 Å². The molecule has 0 saturated carbocycles. The molecule has 6 rings (SSSR count). The number of aromatic nitrogens is 1. The van der Waals surface area contributed by atoms with Gasteiger partial charge in [0.05, 0.1) is 0 Å². The molecule has 1 aromatic heterocycles. The summed E-state index contributed by atoms with van der Waals surface area (Å²) >= 11 is 0. The Kier molecular flexibility index (Phi) is 4.12. The fourth-order valence-electron chi connectivity index (χ4n) is 6.33. The number of likely N-dealkylation sites (N-methyl/N-ethyl adjacent to an activating group) is 1. The van der Waals surface area contributed by atoms with E-state index in [9.17, 15) is 9.90 Å². The summed E-state index contributed by atoms with van der Waals surface area (Å²) < 4.78 is 12.8. The third kappa shape index (κ3) is 2.51. The van der Waals surface area contributed by atoms with E-state index in [0.717, 1.165) is 19.4 Å². The average molecular weight is 434 g/mol. The van der Waals surface area contributed by atoms with Crippen molar-refractivity contribution in [1.82, 2.24) is 14.8 Å². The fraction of sp³-hybridized carbons (Fsp3) is 0.440. The Labute approximate surface area is 187 Å². The molecule has 1 N–H and O–H groups in total. The number of hydrogen-bond donors (Lipinski definition) is 1. The largest absolute Gasteiger partial charge is 0.504 e. The van der Waals surface area contributed by atoms with E-state index >= 15 is 0 Å². The SMILES string of the molecule is CN(C)C(=O)c1ccnc(O[C@H]2C=C[C@H]3[C@H]4Cc5ccc(O)c6c5[C@@]3(CCN4C)[C@H]2O6)c1. The Morgan fingerprint density at radius 3 is 2.97 bits per heavy atom. The Balaban J connectivity index is 1.41. The monoisotopic (exact) mass is 433 g/mol. The molecule has 2 aliphatic heterocycles. The van der Waals surface area contributed by atoms with Gasteiger partial charge in [0.1, 0.15) is 6.10 Å². The topological polar surface area (TPSA) is 75.1 Å². The van der Waals surface area contributed by atoms with Crippen molar-refractivity contribution in [2.75, 3.05) is 27.7 Å². The number of ether oxygens (including phenoxy) is 2. The van der Waals surface area contributed by atoms with Gasteiger partial charge in [-0.1, -0.05) is 12.1 Å². The van der Waals surface area contributed by atoms with Crippen molar-refractivity contribution < 1.29 is 19.4 Å². The third-order valence-corrected chi connectivity index (χ3v) is 7.78. The lowest BCUT2D eigenvalue weighted by molar-refractivity contribution is -0.0391. The number of carbonyl (C=O) groups is 1. The summed E-state index contributed by atoms with van der Waals surface area (Å²) in [6, 6.07) is 7.57. The first-order valence-corrected chi connectivity index (χ1v) is 11.1. The van der Waals surface area contributed by atoms with Gasteiger partial charge in [0.25, 0.3) is 5.91 Å². The zero-order valence-electron chi connectivity index (χ0n) is 18.5. The molecule has 2 aliphatic carbocycles. The van der Waals surface area contributed by atoms with E-state index in [1.165, 1.54) is 16.0 Å². The molecule has 32 heavy (non-hydrogen) atoms. The van der Waals surface area contributed by atoms with Crippen molar-refractivity contribution in [3.8, 4) is 17.4 Å². The molecule has 7 nitrogen and oxygen atoms in total. The summed E-state index contributed by atoms with van der Waals surface area (Å²) in [5.74, 6) is 1.41. The molecule has 166 valence electrons. The predicted octanol–water partition coefficient (Wildman–Crippen LogP) is 2.38. The molecular formula is C25H27N3O4. The van der Waals surface area contributed by atoms with Crippen molar-refractivity contribution in [1.29, 1.82) is 0 Å². The van der Waals surface area contributed by atoms with Crippen molar-refractivity contribution in [3.63, 3.8) is 0 Å². The molecule has 4 aliphatic rings. The van der Waals surface area contributed by atoms with Gasteiger partial charge in [-0.25, -0.2) is 4.98 Å². The lowest BCUT2D eigenvalue weighted by Gasteiger charge is -2.56. The van der Waals surface area contributed by atoms with Crippen molar-refractivity contribution >= 4 is 5.91 Å². The van der Waals surface area contributed by atoms with Gasteiger partial charge in [-0.15, -0.1) is 0 Å². The number of nitrogens with zero attached hydrogens (tertiary/aromatic N) is 3. The average Bonchev–Trinajstić information content (AvgIpc) is 3.14. The molecule has 3 heterocycles. The molecular weight excluding hydrogens is 406 g/mol. The molecule has 7 heteroatoms. The second-order valence-electron chi connectivity index (χ2n) is 9.60. The summed E-state index contributed by atoms with van der Waals surface area (Å²) in [5.41, 5.74) is 2.73. The zero-order chi connectivity index (χ0) is 22.2. The molecule has 1 aromatic carbocycles. The van der Waals surface area contributed by atoms with Gasteiger partial charge < -0.3 is 24.4 Å². The highest BCUT2D eigenvalue weighted by Gasteiger charge is 2.64. The molecule has 5 atom stereocenters. The fourth-order valence-corrected chi connectivity index (χ4v) is 6.33. The van der Waals surface area contributed by atoms with Crippen molar-refractivity contribution in [2.24, 2.45) is 5.92 Å². The van der Waals surface area contributed by atoms with Gasteiger partial charge in [-0.2, -0.15) is 0 Å². The highest BCUT2D eigenvalue weighted by atomic mass is 16.6. The van der Waals surface area contributed by atoms with Gasteiger partial charge in [-0.3, -0.25) is 4.79 Å². The Hall–Kier alpha value is -3.06. The molecule has 1 fully saturated rings. The standard InChI is InChI=1S/C25H27N3O4/c1-27(2)24(30)15-8-10-26-20(13-15)31-19-7-5-16-17-12-14-4-6-18(29)22-21(14)25(16,23(19)32-22)9-11-28(17)3/h4-8,10,13,16-17,19,23,29H,9,11-12H2,1-3H3/t16-,17+,19-,23-,25-/m0/s1. The Morgan fingerprint density at radius 1 is 1.31 bits per heavy atom. The number of phenols is 1. The second-order valence-corrected chi connectivity index (χ2v) is 9.60. The summed E-state index contributed by atoms with van der Waals surface area (Å²) in [6.45, 7) is 0.973. The Bertz CT molecular complexity index is 1150. The van der Waals surface area contributed by atoms with Gasteiger partial charge in [0.2, 0.25) is 5.88 Å². The highest BCUT2D eigenvalue weighted by Crippen LogP contribution is 2.62. The summed E-state index contributed by atoms with van der Waals surface area (Å²) in [4.78, 5) is 20.7. The van der Waals surface area contributed by atoms with Crippen LogP contribution in [0.1, 0.15) is 27.9 Å². The van der Waals surface area contributed by atoms with Crippen LogP contribution in [0.3, 0.4) is 0 Å². The number of likely N-dealkylation sites (tertiary alicyclic amines) is 1. The number of rotatable bonds is 3.